The van der Waals surface area contributed by atoms with E-state index in [4.69, 9.17) is 11.6 Å². The Balaban J connectivity index is 1.93. The molecule has 0 fully saturated rings. The summed E-state index contributed by atoms with van der Waals surface area (Å²) in [5.41, 5.74) is 3.54. The Kier molecular flexibility index (Phi) is 4.37. The molecule has 1 aromatic carbocycles. The van der Waals surface area contributed by atoms with Crippen molar-refractivity contribution in [1.82, 2.24) is 19.5 Å². The highest BCUT2D eigenvalue weighted by atomic mass is 35.5. The number of halogens is 1. The van der Waals surface area contributed by atoms with Crippen molar-refractivity contribution in [2.45, 2.75) is 12.4 Å². The molecule has 2 heterocycles. The lowest BCUT2D eigenvalue weighted by atomic mass is 10.1. The molecule has 0 aliphatic carbocycles. The highest BCUT2D eigenvalue weighted by molar-refractivity contribution is 7.63. The molecule has 0 saturated heterocycles. The zero-order valence-electron chi connectivity index (χ0n) is 12.9. The standard InChI is InChI=1S/C15H17ClN5OP/c1-23(2,22)20-14-13-15(18-9-17-14)21(10-19-13)8-12-5-3-11(7-16)4-6-12/h3-6,9-10H,7-8H2,1-2H3,(H,17,18,20,22). The van der Waals surface area contributed by atoms with Gasteiger partial charge >= 0.3 is 0 Å². The second-order valence-electron chi connectivity index (χ2n) is 5.68. The SMILES string of the molecule is CP(C)(=O)Nc1ncnc2c1ncn2Cc1ccc(CCl)cc1. The number of anilines is 1. The summed E-state index contributed by atoms with van der Waals surface area (Å²) in [6, 6.07) is 8.09. The zero-order valence-corrected chi connectivity index (χ0v) is 14.6. The summed E-state index contributed by atoms with van der Waals surface area (Å²) in [6.07, 6.45) is 3.17. The average molecular weight is 350 g/mol. The second kappa shape index (κ2) is 6.30. The topological polar surface area (TPSA) is 72.7 Å². The van der Waals surface area contributed by atoms with Gasteiger partial charge in [-0.05, 0) is 11.1 Å². The van der Waals surface area contributed by atoms with Crippen molar-refractivity contribution >= 4 is 35.9 Å². The van der Waals surface area contributed by atoms with Gasteiger partial charge in [-0.3, -0.25) is 0 Å². The fourth-order valence-corrected chi connectivity index (χ4v) is 3.12. The van der Waals surface area contributed by atoms with Crippen molar-refractivity contribution in [2.75, 3.05) is 18.4 Å². The Morgan fingerprint density at radius 2 is 1.83 bits per heavy atom. The maximum atomic E-state index is 12.0. The molecule has 3 aromatic rings. The van der Waals surface area contributed by atoms with E-state index in [9.17, 15) is 4.57 Å². The first-order valence-corrected chi connectivity index (χ1v) is 10.2. The highest BCUT2D eigenvalue weighted by Crippen LogP contribution is 2.37. The molecule has 1 N–H and O–H groups in total. The number of alkyl halides is 1. The fourth-order valence-electron chi connectivity index (χ4n) is 2.26. The van der Waals surface area contributed by atoms with Crippen molar-refractivity contribution in [1.29, 1.82) is 0 Å². The fraction of sp³-hybridized carbons (Fsp3) is 0.267. The van der Waals surface area contributed by atoms with Crippen molar-refractivity contribution in [3.63, 3.8) is 0 Å². The number of hydrogen-bond acceptors (Lipinski definition) is 4. The molecule has 6 nitrogen and oxygen atoms in total. The van der Waals surface area contributed by atoms with Crippen LogP contribution >= 0.6 is 18.9 Å². The minimum absolute atomic E-state index is 0.500. The average Bonchev–Trinajstić information content (AvgIpc) is 2.91. The lowest BCUT2D eigenvalue weighted by Crippen LogP contribution is -2.01. The number of fused-ring (bicyclic) bond motifs is 1. The Morgan fingerprint density at radius 1 is 1.13 bits per heavy atom. The van der Waals surface area contributed by atoms with E-state index < -0.39 is 7.29 Å². The lowest BCUT2D eigenvalue weighted by molar-refractivity contribution is 0.585. The van der Waals surface area contributed by atoms with Crippen molar-refractivity contribution in [3.05, 3.63) is 48.0 Å². The molecule has 0 spiro atoms. The zero-order chi connectivity index (χ0) is 16.4. The first-order valence-electron chi connectivity index (χ1n) is 7.09. The number of hydrogen-bond donors (Lipinski definition) is 1. The smallest absolute Gasteiger partial charge is 0.165 e. The number of nitrogens with zero attached hydrogens (tertiary/aromatic N) is 4. The van der Waals surface area contributed by atoms with E-state index in [2.05, 4.69) is 20.0 Å². The Labute approximate surface area is 139 Å². The van der Waals surface area contributed by atoms with Crippen molar-refractivity contribution in [2.24, 2.45) is 0 Å². The molecule has 0 bridgehead atoms. The van der Waals surface area contributed by atoms with Gasteiger partial charge < -0.3 is 14.2 Å². The molecular weight excluding hydrogens is 333 g/mol. The van der Waals surface area contributed by atoms with Gasteiger partial charge in [-0.15, -0.1) is 11.6 Å². The van der Waals surface area contributed by atoms with Gasteiger partial charge in [0.1, 0.15) is 6.33 Å². The number of aromatic nitrogens is 4. The molecule has 0 saturated carbocycles. The monoisotopic (exact) mass is 349 g/mol. The van der Waals surface area contributed by atoms with Crippen molar-refractivity contribution < 1.29 is 4.57 Å². The Morgan fingerprint density at radius 3 is 2.48 bits per heavy atom. The second-order valence-corrected chi connectivity index (χ2v) is 8.87. The predicted octanol–water partition coefficient (Wildman–Crippen LogP) is 3.56. The third kappa shape index (κ3) is 3.71. The van der Waals surface area contributed by atoms with E-state index in [1.807, 2.05) is 28.8 Å². The third-order valence-corrected chi connectivity index (χ3v) is 4.37. The molecule has 0 atom stereocenters. The van der Waals surface area contributed by atoms with Gasteiger partial charge in [0.15, 0.2) is 24.3 Å². The maximum absolute atomic E-state index is 12.0. The molecule has 0 aliphatic rings. The number of nitrogens with one attached hydrogen (secondary N) is 1. The lowest BCUT2D eigenvalue weighted by Gasteiger charge is -2.10. The molecular formula is C15H17ClN5OP. The van der Waals surface area contributed by atoms with E-state index in [0.717, 1.165) is 11.1 Å². The third-order valence-electron chi connectivity index (χ3n) is 3.31. The predicted molar refractivity (Wildman–Crippen MR) is 93.5 cm³/mol. The van der Waals surface area contributed by atoms with Crippen LogP contribution < -0.4 is 5.09 Å². The van der Waals surface area contributed by atoms with Gasteiger partial charge in [-0.2, -0.15) is 0 Å². The van der Waals surface area contributed by atoms with E-state index in [1.165, 1.54) is 6.33 Å². The summed E-state index contributed by atoms with van der Waals surface area (Å²) in [7, 11) is -2.46. The first-order chi connectivity index (χ1) is 11.0. The van der Waals surface area contributed by atoms with Crippen molar-refractivity contribution in [3.8, 4) is 0 Å². The number of rotatable bonds is 5. The normalized spacial score (nSPS) is 11.8. The van der Waals surface area contributed by atoms with E-state index in [1.54, 1.807) is 19.7 Å². The van der Waals surface area contributed by atoms with Gasteiger partial charge in [0.25, 0.3) is 0 Å². The van der Waals surface area contributed by atoms with Crippen LogP contribution in [-0.4, -0.2) is 32.8 Å². The van der Waals surface area contributed by atoms with E-state index >= 15 is 0 Å². The first kappa shape index (κ1) is 16.0. The molecule has 2 aromatic heterocycles. The summed E-state index contributed by atoms with van der Waals surface area (Å²) in [5.74, 6) is 1.00. The van der Waals surface area contributed by atoms with Crippen LogP contribution in [0, 0.1) is 0 Å². The molecule has 8 heteroatoms. The molecule has 23 heavy (non-hydrogen) atoms. The maximum Gasteiger partial charge on any atom is 0.165 e. The van der Waals surface area contributed by atoms with Crippen LogP contribution in [0.5, 0.6) is 0 Å². The molecule has 3 rings (SSSR count). The van der Waals surface area contributed by atoms with Gasteiger partial charge in [0.2, 0.25) is 0 Å². The Bertz CT molecular complexity index is 871. The van der Waals surface area contributed by atoms with E-state index in [-0.39, 0.29) is 0 Å². The molecule has 0 aliphatic heterocycles. The molecule has 120 valence electrons. The van der Waals surface area contributed by atoms with Crippen LogP contribution in [0.15, 0.2) is 36.9 Å². The minimum Gasteiger partial charge on any atom is -0.319 e. The van der Waals surface area contributed by atoms with Crippen LogP contribution in [-0.2, 0) is 17.0 Å². The van der Waals surface area contributed by atoms with Crippen LogP contribution in [0.1, 0.15) is 11.1 Å². The van der Waals surface area contributed by atoms with Gasteiger partial charge in [0, 0.05) is 19.2 Å². The molecule has 0 amide bonds. The van der Waals surface area contributed by atoms with Crippen LogP contribution in [0.2, 0.25) is 0 Å². The van der Waals surface area contributed by atoms with E-state index in [0.29, 0.717) is 29.4 Å². The number of benzene rings is 1. The van der Waals surface area contributed by atoms with Gasteiger partial charge in [-0.1, -0.05) is 24.3 Å². The quantitative estimate of drug-likeness (QED) is 0.563. The highest BCUT2D eigenvalue weighted by Gasteiger charge is 2.14. The van der Waals surface area contributed by atoms with Gasteiger partial charge in [0.05, 0.1) is 12.9 Å². The Hall–Kier alpha value is -1.91. The number of imidazole rings is 1. The summed E-state index contributed by atoms with van der Waals surface area (Å²) in [5, 5.41) is 2.93. The molecule has 0 unspecified atom stereocenters. The summed E-state index contributed by atoms with van der Waals surface area (Å²) < 4.78 is 13.9. The summed E-state index contributed by atoms with van der Waals surface area (Å²) in [4.78, 5) is 12.8. The molecule has 0 radical (unpaired) electrons. The van der Waals surface area contributed by atoms with Crippen LogP contribution in [0.4, 0.5) is 5.82 Å². The minimum atomic E-state index is -2.46. The largest absolute Gasteiger partial charge is 0.319 e. The van der Waals surface area contributed by atoms with Crippen LogP contribution in [0.3, 0.4) is 0 Å². The summed E-state index contributed by atoms with van der Waals surface area (Å²) in [6.45, 7) is 3.94. The summed E-state index contributed by atoms with van der Waals surface area (Å²) >= 11 is 5.81. The van der Waals surface area contributed by atoms with Gasteiger partial charge in [-0.25, -0.2) is 15.0 Å². The van der Waals surface area contributed by atoms with Crippen LogP contribution in [0.25, 0.3) is 11.2 Å².